The Kier molecular flexibility index (Phi) is 8.98. The fourth-order valence-electron chi connectivity index (χ4n) is 3.00. The lowest BCUT2D eigenvalue weighted by molar-refractivity contribution is 0.0204. The van der Waals surface area contributed by atoms with Gasteiger partial charge in [0.2, 0.25) is 0 Å². The van der Waals surface area contributed by atoms with Crippen molar-refractivity contribution in [1.82, 2.24) is 9.88 Å². The van der Waals surface area contributed by atoms with Crippen LogP contribution in [0, 0.1) is 6.92 Å². The average molecular weight is 453 g/mol. The standard InChI is InChI=1S/C21H28N2O3S.O2S/c1-15-5-7-18(8-6-15)25-13-17-14-27-19(22-17)16-9-11-23(12-10-16)20(24)26-21(2,3)4;1-3-2/h5-8,14,16H,9-13H2,1-4H3;. The van der Waals surface area contributed by atoms with Crippen molar-refractivity contribution in [2.24, 2.45) is 0 Å². The largest absolute Gasteiger partial charge is 0.487 e. The lowest BCUT2D eigenvalue weighted by atomic mass is 9.98. The van der Waals surface area contributed by atoms with Gasteiger partial charge in [-0.25, -0.2) is 9.78 Å². The molecule has 164 valence electrons. The number of nitrogens with zero attached hydrogens (tertiary/aromatic N) is 2. The van der Waals surface area contributed by atoms with Crippen molar-refractivity contribution in [2.45, 2.75) is 58.7 Å². The van der Waals surface area contributed by atoms with E-state index < -0.39 is 17.2 Å². The van der Waals surface area contributed by atoms with E-state index in [1.165, 1.54) is 5.56 Å². The maximum absolute atomic E-state index is 12.2. The Morgan fingerprint density at radius 1 is 1.20 bits per heavy atom. The molecule has 0 spiro atoms. The Balaban J connectivity index is 0.00000101. The molecule has 1 fully saturated rings. The first kappa shape index (κ1) is 24.0. The molecule has 0 bridgehead atoms. The molecule has 1 aliphatic rings. The fourth-order valence-corrected chi connectivity index (χ4v) is 3.98. The molecule has 1 saturated heterocycles. The average Bonchev–Trinajstić information content (AvgIpc) is 3.16. The van der Waals surface area contributed by atoms with E-state index >= 15 is 0 Å². The van der Waals surface area contributed by atoms with Crippen molar-refractivity contribution in [1.29, 1.82) is 0 Å². The van der Waals surface area contributed by atoms with E-state index in [4.69, 9.17) is 22.9 Å². The SMILES string of the molecule is Cc1ccc(OCc2csc(C3CCN(C(=O)OC(C)(C)C)CC3)n2)cc1.O=S=O. The number of aromatic nitrogens is 1. The summed E-state index contributed by atoms with van der Waals surface area (Å²) in [5, 5.41) is 3.21. The maximum atomic E-state index is 12.2. The van der Waals surface area contributed by atoms with Gasteiger partial charge < -0.3 is 14.4 Å². The molecule has 7 nitrogen and oxygen atoms in total. The van der Waals surface area contributed by atoms with Crippen molar-refractivity contribution >= 4 is 29.0 Å². The number of benzene rings is 1. The van der Waals surface area contributed by atoms with Crippen LogP contribution in [0.2, 0.25) is 0 Å². The highest BCUT2D eigenvalue weighted by Gasteiger charge is 2.28. The summed E-state index contributed by atoms with van der Waals surface area (Å²) in [6.07, 6.45) is 1.63. The Hall–Kier alpha value is -2.26. The van der Waals surface area contributed by atoms with Crippen molar-refractivity contribution in [3.8, 4) is 5.75 Å². The second-order valence-electron chi connectivity index (χ2n) is 8.09. The monoisotopic (exact) mass is 452 g/mol. The van der Waals surface area contributed by atoms with Gasteiger partial charge in [-0.2, -0.15) is 8.42 Å². The van der Waals surface area contributed by atoms with Crippen LogP contribution in [0.1, 0.15) is 55.8 Å². The predicted molar refractivity (Wildman–Crippen MR) is 116 cm³/mol. The summed E-state index contributed by atoms with van der Waals surface area (Å²) >= 11 is 0.937. The quantitative estimate of drug-likeness (QED) is 0.680. The topological polar surface area (TPSA) is 85.8 Å². The van der Waals surface area contributed by atoms with Crippen LogP contribution in [-0.2, 0) is 22.9 Å². The molecule has 0 atom stereocenters. The third kappa shape index (κ3) is 7.87. The minimum atomic E-state index is -0.750. The first-order chi connectivity index (χ1) is 14.2. The molecular formula is C21H28N2O5S2. The number of rotatable bonds is 4. The zero-order valence-corrected chi connectivity index (χ0v) is 19.4. The fraction of sp³-hybridized carbons (Fsp3) is 0.524. The van der Waals surface area contributed by atoms with Gasteiger partial charge in [0.15, 0.2) is 0 Å². The maximum Gasteiger partial charge on any atom is 0.410 e. The molecule has 0 saturated carbocycles. The molecule has 1 amide bonds. The molecular weight excluding hydrogens is 424 g/mol. The molecule has 1 aliphatic heterocycles. The van der Waals surface area contributed by atoms with Crippen LogP contribution in [-0.4, -0.2) is 43.1 Å². The van der Waals surface area contributed by atoms with Crippen LogP contribution >= 0.6 is 11.3 Å². The van der Waals surface area contributed by atoms with E-state index in [1.54, 1.807) is 16.2 Å². The number of piperidine rings is 1. The lowest BCUT2D eigenvalue weighted by Gasteiger charge is -2.32. The minimum Gasteiger partial charge on any atom is -0.487 e. The second kappa shape index (κ2) is 11.2. The summed E-state index contributed by atoms with van der Waals surface area (Å²) < 4.78 is 27.9. The number of aryl methyl sites for hydroxylation is 1. The van der Waals surface area contributed by atoms with Gasteiger partial charge >= 0.3 is 17.7 Å². The lowest BCUT2D eigenvalue weighted by Crippen LogP contribution is -2.41. The third-order valence-corrected chi connectivity index (χ3v) is 5.53. The molecule has 0 radical (unpaired) electrons. The molecule has 9 heteroatoms. The highest BCUT2D eigenvalue weighted by atomic mass is 32.1. The zero-order chi connectivity index (χ0) is 22.1. The van der Waals surface area contributed by atoms with Gasteiger partial charge in [-0.1, -0.05) is 17.7 Å². The number of hydrogen-bond acceptors (Lipinski definition) is 7. The number of amides is 1. The van der Waals surface area contributed by atoms with E-state index in [2.05, 4.69) is 12.3 Å². The van der Waals surface area contributed by atoms with E-state index in [1.807, 2.05) is 45.0 Å². The van der Waals surface area contributed by atoms with Crippen LogP contribution in [0.4, 0.5) is 4.79 Å². The van der Waals surface area contributed by atoms with Crippen LogP contribution in [0.15, 0.2) is 29.6 Å². The molecule has 0 aliphatic carbocycles. The van der Waals surface area contributed by atoms with Gasteiger partial charge in [-0.15, -0.1) is 11.3 Å². The Morgan fingerprint density at radius 3 is 2.37 bits per heavy atom. The molecule has 1 aromatic carbocycles. The number of likely N-dealkylation sites (tertiary alicyclic amines) is 1. The number of carbonyl (C=O) groups is 1. The number of thiazole rings is 1. The number of carbonyl (C=O) groups excluding carboxylic acids is 1. The highest BCUT2D eigenvalue weighted by molar-refractivity contribution is 7.51. The molecule has 0 unspecified atom stereocenters. The van der Waals surface area contributed by atoms with Crippen LogP contribution in [0.5, 0.6) is 5.75 Å². The third-order valence-electron chi connectivity index (χ3n) is 4.47. The van der Waals surface area contributed by atoms with Gasteiger partial charge in [-0.05, 0) is 52.7 Å². The van der Waals surface area contributed by atoms with Crippen molar-refractivity contribution in [3.05, 3.63) is 45.9 Å². The summed E-state index contributed by atoms with van der Waals surface area (Å²) in [5.41, 5.74) is 1.73. The van der Waals surface area contributed by atoms with E-state index in [-0.39, 0.29) is 6.09 Å². The van der Waals surface area contributed by atoms with Crippen LogP contribution in [0.25, 0.3) is 0 Å². The normalized spacial score (nSPS) is 14.5. The van der Waals surface area contributed by atoms with Crippen molar-refractivity contribution in [3.63, 3.8) is 0 Å². The van der Waals surface area contributed by atoms with Crippen LogP contribution < -0.4 is 4.74 Å². The number of hydrogen-bond donors (Lipinski definition) is 0. The van der Waals surface area contributed by atoms with Gasteiger partial charge in [-0.3, -0.25) is 0 Å². The van der Waals surface area contributed by atoms with Crippen LogP contribution in [0.3, 0.4) is 0 Å². The molecule has 3 rings (SSSR count). The molecule has 2 aromatic rings. The first-order valence-corrected chi connectivity index (χ1v) is 11.3. The first-order valence-electron chi connectivity index (χ1n) is 9.75. The summed E-state index contributed by atoms with van der Waals surface area (Å²) in [6.45, 7) is 9.66. The van der Waals surface area contributed by atoms with Gasteiger partial charge in [0.1, 0.15) is 18.0 Å². The van der Waals surface area contributed by atoms with Gasteiger partial charge in [0.05, 0.1) is 10.7 Å². The number of ether oxygens (including phenoxy) is 2. The minimum absolute atomic E-state index is 0.215. The Bertz CT molecular complexity index is 847. The second-order valence-corrected chi connectivity index (χ2v) is 9.11. The van der Waals surface area contributed by atoms with E-state index in [9.17, 15) is 4.79 Å². The summed E-state index contributed by atoms with van der Waals surface area (Å²) in [7, 11) is 0. The summed E-state index contributed by atoms with van der Waals surface area (Å²) in [5.74, 6) is 1.27. The summed E-state index contributed by atoms with van der Waals surface area (Å²) in [6, 6.07) is 8.05. The van der Waals surface area contributed by atoms with Gasteiger partial charge in [0.25, 0.3) is 0 Å². The Morgan fingerprint density at radius 2 is 1.80 bits per heavy atom. The predicted octanol–water partition coefficient (Wildman–Crippen LogP) is 4.47. The molecule has 30 heavy (non-hydrogen) atoms. The van der Waals surface area contributed by atoms with Gasteiger partial charge in [0, 0.05) is 24.4 Å². The van der Waals surface area contributed by atoms with Crippen molar-refractivity contribution in [2.75, 3.05) is 13.1 Å². The van der Waals surface area contributed by atoms with E-state index in [0.29, 0.717) is 25.6 Å². The smallest absolute Gasteiger partial charge is 0.410 e. The molecule has 2 heterocycles. The van der Waals surface area contributed by atoms with Crippen molar-refractivity contribution < 1.29 is 22.7 Å². The molecule has 0 N–H and O–H groups in total. The molecule has 1 aromatic heterocycles. The highest BCUT2D eigenvalue weighted by Crippen LogP contribution is 2.31. The zero-order valence-electron chi connectivity index (χ0n) is 17.8. The van der Waals surface area contributed by atoms with E-state index in [0.717, 1.165) is 29.3 Å². The summed E-state index contributed by atoms with van der Waals surface area (Å²) in [4.78, 5) is 18.7. The Labute approximate surface area is 185 Å².